The van der Waals surface area contributed by atoms with Crippen molar-refractivity contribution in [3.05, 3.63) is 77.2 Å². The zero-order valence-corrected chi connectivity index (χ0v) is 16.7. The first-order valence-corrected chi connectivity index (χ1v) is 10.6. The van der Waals surface area contributed by atoms with Gasteiger partial charge in [0.15, 0.2) is 16.4 Å². The van der Waals surface area contributed by atoms with Crippen LogP contribution in [0, 0.1) is 0 Å². The zero-order valence-electron chi connectivity index (χ0n) is 15.9. The van der Waals surface area contributed by atoms with Crippen molar-refractivity contribution in [1.29, 1.82) is 0 Å². The van der Waals surface area contributed by atoms with Crippen LogP contribution in [-0.4, -0.2) is 50.7 Å². The summed E-state index contributed by atoms with van der Waals surface area (Å²) in [5.41, 5.74) is 1.26. The van der Waals surface area contributed by atoms with Gasteiger partial charge in [-0.15, -0.1) is 0 Å². The van der Waals surface area contributed by atoms with Crippen molar-refractivity contribution in [3.8, 4) is 5.75 Å². The van der Waals surface area contributed by atoms with Crippen molar-refractivity contribution in [1.82, 2.24) is 4.90 Å². The minimum absolute atomic E-state index is 0.139. The van der Waals surface area contributed by atoms with Gasteiger partial charge in [-0.1, -0.05) is 30.3 Å². The van der Waals surface area contributed by atoms with Crippen LogP contribution in [0.3, 0.4) is 0 Å². The predicted octanol–water partition coefficient (Wildman–Crippen LogP) is 2.19. The maximum Gasteiger partial charge on any atom is 0.337 e. The van der Waals surface area contributed by atoms with Gasteiger partial charge in [-0.3, -0.25) is 4.79 Å². The zero-order chi connectivity index (χ0) is 20.9. The van der Waals surface area contributed by atoms with Gasteiger partial charge in [0.05, 0.1) is 24.5 Å². The average Bonchev–Trinajstić information content (AvgIpc) is 3.10. The molecule has 8 heteroatoms. The Labute approximate surface area is 169 Å². The van der Waals surface area contributed by atoms with Gasteiger partial charge >= 0.3 is 5.97 Å². The number of amides is 1. The highest BCUT2D eigenvalue weighted by molar-refractivity contribution is 7.94. The van der Waals surface area contributed by atoms with E-state index in [2.05, 4.69) is 4.74 Å². The lowest BCUT2D eigenvalue weighted by Gasteiger charge is -2.27. The number of benzene rings is 2. The molecule has 1 heterocycles. The lowest BCUT2D eigenvalue weighted by Crippen LogP contribution is -2.42. The Hall–Kier alpha value is -3.13. The Balaban J connectivity index is 1.69. The highest BCUT2D eigenvalue weighted by atomic mass is 32.2. The summed E-state index contributed by atoms with van der Waals surface area (Å²) in [4.78, 5) is 25.8. The number of methoxy groups -OCH3 is 1. The molecule has 0 fully saturated rings. The van der Waals surface area contributed by atoms with Crippen LogP contribution < -0.4 is 4.74 Å². The number of hydrogen-bond donors (Lipinski definition) is 0. The third-order valence-electron chi connectivity index (χ3n) is 4.47. The quantitative estimate of drug-likeness (QED) is 0.644. The minimum Gasteiger partial charge on any atom is -0.484 e. The monoisotopic (exact) mass is 415 g/mol. The summed E-state index contributed by atoms with van der Waals surface area (Å²) in [7, 11) is -2.01. The molecule has 1 aliphatic rings. The third kappa shape index (κ3) is 5.45. The second-order valence-corrected chi connectivity index (χ2v) is 8.47. The van der Waals surface area contributed by atoms with E-state index in [1.807, 2.05) is 30.3 Å². The number of carbonyl (C=O) groups is 2. The van der Waals surface area contributed by atoms with Gasteiger partial charge in [-0.05, 0) is 35.9 Å². The Morgan fingerprint density at radius 1 is 1.07 bits per heavy atom. The maximum absolute atomic E-state index is 12.8. The van der Waals surface area contributed by atoms with Crippen LogP contribution in [-0.2, 0) is 25.9 Å². The summed E-state index contributed by atoms with van der Waals surface area (Å²) in [6.07, 6.45) is 1.53. The molecule has 0 saturated heterocycles. The summed E-state index contributed by atoms with van der Waals surface area (Å²) >= 11 is 0. The molecule has 3 rings (SSSR count). The number of sulfone groups is 1. The molecule has 2 aromatic carbocycles. The van der Waals surface area contributed by atoms with E-state index in [4.69, 9.17) is 4.74 Å². The fourth-order valence-electron chi connectivity index (χ4n) is 2.96. The summed E-state index contributed by atoms with van der Waals surface area (Å²) in [6.45, 7) is 0.0175. The molecule has 7 nitrogen and oxygen atoms in total. The Morgan fingerprint density at radius 2 is 1.76 bits per heavy atom. The second kappa shape index (κ2) is 8.91. The fourth-order valence-corrected chi connectivity index (χ4v) is 4.26. The van der Waals surface area contributed by atoms with Crippen molar-refractivity contribution in [2.75, 3.05) is 19.5 Å². The van der Waals surface area contributed by atoms with E-state index in [-0.39, 0.29) is 24.8 Å². The molecule has 0 aromatic heterocycles. The summed E-state index contributed by atoms with van der Waals surface area (Å²) < 4.78 is 33.8. The Kier molecular flexibility index (Phi) is 6.33. The largest absolute Gasteiger partial charge is 0.484 e. The standard InChI is InChI=1S/C21H21NO6S/c1-27-21(24)17-7-9-19(10-8-17)28-14-20(23)22(13-16-5-3-2-4-6-16)18-11-12-29(25,26)15-18/h2-12,18H,13-15H2,1H3/t18-/m0/s1. The van der Waals surface area contributed by atoms with Crippen LogP contribution in [0.4, 0.5) is 0 Å². The van der Waals surface area contributed by atoms with Gasteiger partial charge in [-0.25, -0.2) is 13.2 Å². The first-order valence-electron chi connectivity index (χ1n) is 8.93. The molecule has 0 unspecified atom stereocenters. The first kappa shape index (κ1) is 20.6. The van der Waals surface area contributed by atoms with Gasteiger partial charge in [0.1, 0.15) is 5.75 Å². The SMILES string of the molecule is COC(=O)c1ccc(OCC(=O)N(Cc2ccccc2)[C@H]2C=CS(=O)(=O)C2)cc1. The smallest absolute Gasteiger partial charge is 0.337 e. The lowest BCUT2D eigenvalue weighted by atomic mass is 10.1. The van der Waals surface area contributed by atoms with Crippen LogP contribution in [0.1, 0.15) is 15.9 Å². The number of carbonyl (C=O) groups excluding carboxylic acids is 2. The van der Waals surface area contributed by atoms with E-state index >= 15 is 0 Å². The number of nitrogens with zero attached hydrogens (tertiary/aromatic N) is 1. The number of esters is 1. The molecule has 0 spiro atoms. The summed E-state index contributed by atoms with van der Waals surface area (Å²) in [6, 6.07) is 15.0. The topological polar surface area (TPSA) is 90.0 Å². The van der Waals surface area contributed by atoms with E-state index in [0.717, 1.165) is 11.0 Å². The van der Waals surface area contributed by atoms with Gasteiger partial charge in [-0.2, -0.15) is 0 Å². The van der Waals surface area contributed by atoms with Crippen LogP contribution in [0.2, 0.25) is 0 Å². The maximum atomic E-state index is 12.8. The van der Waals surface area contributed by atoms with E-state index in [0.29, 0.717) is 11.3 Å². The van der Waals surface area contributed by atoms with Gasteiger partial charge in [0, 0.05) is 12.0 Å². The fraction of sp³-hybridized carbons (Fsp3) is 0.238. The number of hydrogen-bond acceptors (Lipinski definition) is 6. The van der Waals surface area contributed by atoms with Crippen molar-refractivity contribution >= 4 is 21.7 Å². The van der Waals surface area contributed by atoms with E-state index < -0.39 is 21.8 Å². The van der Waals surface area contributed by atoms with Crippen LogP contribution in [0.25, 0.3) is 0 Å². The molecule has 0 saturated carbocycles. The highest BCUT2D eigenvalue weighted by Crippen LogP contribution is 2.19. The first-order chi connectivity index (χ1) is 13.9. The molecule has 0 radical (unpaired) electrons. The van der Waals surface area contributed by atoms with E-state index in [1.54, 1.807) is 24.3 Å². The van der Waals surface area contributed by atoms with Crippen LogP contribution >= 0.6 is 0 Å². The van der Waals surface area contributed by atoms with Crippen LogP contribution in [0.5, 0.6) is 5.75 Å². The molecular formula is C21H21NO6S. The van der Waals surface area contributed by atoms with Gasteiger partial charge in [0.25, 0.3) is 5.91 Å². The molecule has 0 bridgehead atoms. The summed E-state index contributed by atoms with van der Waals surface area (Å²) in [5, 5.41) is 1.15. The number of rotatable bonds is 7. The number of ether oxygens (including phenoxy) is 2. The van der Waals surface area contributed by atoms with Crippen molar-refractivity contribution in [2.24, 2.45) is 0 Å². The molecule has 1 amide bonds. The van der Waals surface area contributed by atoms with E-state index in [9.17, 15) is 18.0 Å². The Morgan fingerprint density at radius 3 is 2.34 bits per heavy atom. The minimum atomic E-state index is -3.31. The average molecular weight is 415 g/mol. The van der Waals surface area contributed by atoms with Crippen molar-refractivity contribution < 1.29 is 27.5 Å². The van der Waals surface area contributed by atoms with Gasteiger partial charge < -0.3 is 14.4 Å². The third-order valence-corrected chi connectivity index (χ3v) is 5.84. The van der Waals surface area contributed by atoms with E-state index in [1.165, 1.54) is 18.1 Å². The lowest BCUT2D eigenvalue weighted by molar-refractivity contribution is -0.135. The molecule has 0 aliphatic carbocycles. The molecule has 1 aliphatic heterocycles. The predicted molar refractivity (Wildman–Crippen MR) is 107 cm³/mol. The Bertz CT molecular complexity index is 999. The van der Waals surface area contributed by atoms with Crippen molar-refractivity contribution in [3.63, 3.8) is 0 Å². The molecule has 152 valence electrons. The van der Waals surface area contributed by atoms with Crippen molar-refractivity contribution in [2.45, 2.75) is 12.6 Å². The highest BCUT2D eigenvalue weighted by Gasteiger charge is 2.30. The molecule has 2 aromatic rings. The summed E-state index contributed by atoms with van der Waals surface area (Å²) in [5.74, 6) is -0.520. The van der Waals surface area contributed by atoms with Gasteiger partial charge in [0.2, 0.25) is 0 Å². The second-order valence-electron chi connectivity index (χ2n) is 6.54. The molecule has 29 heavy (non-hydrogen) atoms. The molecule has 0 N–H and O–H groups in total. The molecular weight excluding hydrogens is 394 g/mol. The van der Waals surface area contributed by atoms with Crippen LogP contribution in [0.15, 0.2) is 66.1 Å². The molecule has 1 atom stereocenters. The normalized spacial score (nSPS) is 16.9.